The number of rotatable bonds is 7. The number of carbonyl (C=O) groups is 1. The Morgan fingerprint density at radius 3 is 2.67 bits per heavy atom. The molecule has 0 spiro atoms. The van der Waals surface area contributed by atoms with Crippen molar-refractivity contribution in [3.63, 3.8) is 0 Å². The highest BCUT2D eigenvalue weighted by Crippen LogP contribution is 2.31. The first-order valence-electron chi connectivity index (χ1n) is 5.74. The summed E-state index contributed by atoms with van der Waals surface area (Å²) in [5.74, 6) is -0.275. The van der Waals surface area contributed by atoms with E-state index in [0.717, 1.165) is 13.0 Å². The van der Waals surface area contributed by atoms with Gasteiger partial charge in [0.1, 0.15) is 5.56 Å². The van der Waals surface area contributed by atoms with Gasteiger partial charge in [-0.15, -0.1) is 0 Å². The fraction of sp³-hybridized carbons (Fsp3) is 0.462. The largest absolute Gasteiger partial charge is 0.493 e. The van der Waals surface area contributed by atoms with E-state index in [2.05, 4.69) is 0 Å². The lowest BCUT2D eigenvalue weighted by Gasteiger charge is -2.14. The lowest BCUT2D eigenvalue weighted by Crippen LogP contribution is -2.16. The molecule has 0 saturated carbocycles. The maximum Gasteiger partial charge on any atom is 0.339 e. The van der Waals surface area contributed by atoms with E-state index in [0.29, 0.717) is 18.1 Å². The van der Waals surface area contributed by atoms with Gasteiger partial charge >= 0.3 is 5.97 Å². The van der Waals surface area contributed by atoms with Crippen molar-refractivity contribution in [1.29, 1.82) is 0 Å². The Balaban J connectivity index is 2.75. The molecule has 1 N–H and O–H groups in total. The van der Waals surface area contributed by atoms with Gasteiger partial charge in [-0.25, -0.2) is 4.79 Å². The molecule has 0 bridgehead atoms. The van der Waals surface area contributed by atoms with Crippen molar-refractivity contribution in [2.45, 2.75) is 6.42 Å². The van der Waals surface area contributed by atoms with Gasteiger partial charge in [0.15, 0.2) is 11.5 Å². The standard InChI is InChI=1S/C13H19NO4/c1-14(2)8-5-9-18-12-10(13(15)16)6-4-7-11(12)17-3/h4,6-7H,5,8-9H2,1-3H3,(H,15,16). The van der Waals surface area contributed by atoms with Crippen LogP contribution < -0.4 is 9.47 Å². The van der Waals surface area contributed by atoms with E-state index < -0.39 is 5.97 Å². The number of aromatic carboxylic acids is 1. The fourth-order valence-corrected chi connectivity index (χ4v) is 1.55. The van der Waals surface area contributed by atoms with Crippen LogP contribution in [0, 0.1) is 0 Å². The third-order valence-electron chi connectivity index (χ3n) is 2.43. The Kier molecular flexibility index (Phi) is 5.45. The quantitative estimate of drug-likeness (QED) is 0.750. The molecular weight excluding hydrogens is 234 g/mol. The van der Waals surface area contributed by atoms with Crippen molar-refractivity contribution in [3.8, 4) is 11.5 Å². The number of methoxy groups -OCH3 is 1. The zero-order valence-electron chi connectivity index (χ0n) is 11.0. The molecule has 0 radical (unpaired) electrons. The van der Waals surface area contributed by atoms with Gasteiger partial charge in [0, 0.05) is 6.54 Å². The van der Waals surface area contributed by atoms with Gasteiger partial charge in [-0.2, -0.15) is 0 Å². The van der Waals surface area contributed by atoms with Gasteiger partial charge < -0.3 is 19.5 Å². The molecule has 0 fully saturated rings. The number of carboxylic acid groups (broad SMARTS) is 1. The monoisotopic (exact) mass is 253 g/mol. The van der Waals surface area contributed by atoms with Crippen LogP contribution in [0.4, 0.5) is 0 Å². The molecule has 0 atom stereocenters. The smallest absolute Gasteiger partial charge is 0.339 e. The molecule has 5 heteroatoms. The fourth-order valence-electron chi connectivity index (χ4n) is 1.55. The SMILES string of the molecule is COc1cccc(C(=O)O)c1OCCCN(C)C. The summed E-state index contributed by atoms with van der Waals surface area (Å²) < 4.78 is 10.7. The van der Waals surface area contributed by atoms with Crippen molar-refractivity contribution in [3.05, 3.63) is 23.8 Å². The van der Waals surface area contributed by atoms with Crippen molar-refractivity contribution in [2.75, 3.05) is 34.4 Å². The minimum absolute atomic E-state index is 0.124. The summed E-state index contributed by atoms with van der Waals surface area (Å²) in [6, 6.07) is 4.83. The van der Waals surface area contributed by atoms with Crippen molar-refractivity contribution in [1.82, 2.24) is 4.90 Å². The van der Waals surface area contributed by atoms with Gasteiger partial charge in [0.05, 0.1) is 13.7 Å². The van der Waals surface area contributed by atoms with E-state index in [4.69, 9.17) is 14.6 Å². The zero-order chi connectivity index (χ0) is 13.5. The molecule has 0 aromatic heterocycles. The van der Waals surface area contributed by atoms with Crippen molar-refractivity contribution < 1.29 is 19.4 Å². The van der Waals surface area contributed by atoms with Crippen LogP contribution in [0.1, 0.15) is 16.8 Å². The molecular formula is C13H19NO4. The summed E-state index contributed by atoms with van der Waals surface area (Å²) in [4.78, 5) is 13.1. The molecule has 0 amide bonds. The lowest BCUT2D eigenvalue weighted by atomic mass is 10.2. The van der Waals surface area contributed by atoms with E-state index in [1.54, 1.807) is 12.1 Å². The summed E-state index contributed by atoms with van der Waals surface area (Å²) in [5.41, 5.74) is 0.124. The third-order valence-corrected chi connectivity index (χ3v) is 2.43. The first kappa shape index (κ1) is 14.3. The molecule has 0 saturated heterocycles. The van der Waals surface area contributed by atoms with E-state index in [-0.39, 0.29) is 5.56 Å². The minimum atomic E-state index is -1.02. The van der Waals surface area contributed by atoms with Crippen LogP contribution in [0.2, 0.25) is 0 Å². The van der Waals surface area contributed by atoms with Crippen LogP contribution in [0.15, 0.2) is 18.2 Å². The molecule has 0 heterocycles. The molecule has 1 rings (SSSR count). The Labute approximate surface area is 107 Å². The number of para-hydroxylation sites is 1. The Morgan fingerprint density at radius 1 is 1.39 bits per heavy atom. The van der Waals surface area contributed by atoms with Crippen LogP contribution in [-0.4, -0.2) is 50.3 Å². The number of ether oxygens (including phenoxy) is 2. The van der Waals surface area contributed by atoms with Gasteiger partial charge in [-0.1, -0.05) is 6.07 Å². The van der Waals surface area contributed by atoms with E-state index in [9.17, 15) is 4.79 Å². The normalized spacial score (nSPS) is 10.4. The average molecular weight is 253 g/mol. The van der Waals surface area contributed by atoms with Crippen LogP contribution >= 0.6 is 0 Å². The van der Waals surface area contributed by atoms with E-state index in [1.165, 1.54) is 13.2 Å². The average Bonchev–Trinajstić information content (AvgIpc) is 2.33. The highest BCUT2D eigenvalue weighted by molar-refractivity contribution is 5.92. The maximum absolute atomic E-state index is 11.1. The predicted octanol–water partition coefficient (Wildman–Crippen LogP) is 1.72. The van der Waals surface area contributed by atoms with Crippen LogP contribution in [0.3, 0.4) is 0 Å². The van der Waals surface area contributed by atoms with Crippen molar-refractivity contribution in [2.24, 2.45) is 0 Å². The number of nitrogens with zero attached hydrogens (tertiary/aromatic N) is 1. The Hall–Kier alpha value is -1.75. The second-order valence-corrected chi connectivity index (χ2v) is 4.15. The number of hydrogen-bond acceptors (Lipinski definition) is 4. The van der Waals surface area contributed by atoms with E-state index in [1.807, 2.05) is 19.0 Å². The first-order valence-corrected chi connectivity index (χ1v) is 5.74. The summed E-state index contributed by atoms with van der Waals surface area (Å²) in [6.45, 7) is 1.34. The second-order valence-electron chi connectivity index (χ2n) is 4.15. The Bertz CT molecular complexity index is 404. The molecule has 0 unspecified atom stereocenters. The number of carboxylic acids is 1. The van der Waals surface area contributed by atoms with Crippen LogP contribution in [0.5, 0.6) is 11.5 Å². The van der Waals surface area contributed by atoms with E-state index >= 15 is 0 Å². The minimum Gasteiger partial charge on any atom is -0.493 e. The molecule has 0 aliphatic carbocycles. The highest BCUT2D eigenvalue weighted by atomic mass is 16.5. The molecule has 0 aliphatic rings. The topological polar surface area (TPSA) is 59.0 Å². The maximum atomic E-state index is 11.1. The Morgan fingerprint density at radius 2 is 2.11 bits per heavy atom. The van der Waals surface area contributed by atoms with Crippen molar-refractivity contribution >= 4 is 5.97 Å². The zero-order valence-corrected chi connectivity index (χ0v) is 11.0. The molecule has 0 aliphatic heterocycles. The first-order chi connectivity index (χ1) is 8.56. The van der Waals surface area contributed by atoms with Crippen LogP contribution in [0.25, 0.3) is 0 Å². The molecule has 100 valence electrons. The summed E-state index contributed by atoms with van der Waals surface area (Å²) in [7, 11) is 5.45. The summed E-state index contributed by atoms with van der Waals surface area (Å²) in [6.07, 6.45) is 0.824. The summed E-state index contributed by atoms with van der Waals surface area (Å²) >= 11 is 0. The number of benzene rings is 1. The van der Waals surface area contributed by atoms with Gasteiger partial charge in [-0.3, -0.25) is 0 Å². The molecule has 1 aromatic carbocycles. The van der Waals surface area contributed by atoms with Gasteiger partial charge in [0.25, 0.3) is 0 Å². The third kappa shape index (κ3) is 3.92. The van der Waals surface area contributed by atoms with Crippen LogP contribution in [-0.2, 0) is 0 Å². The lowest BCUT2D eigenvalue weighted by molar-refractivity contribution is 0.0691. The molecule has 1 aromatic rings. The predicted molar refractivity (Wildman–Crippen MR) is 68.6 cm³/mol. The van der Waals surface area contributed by atoms with Gasteiger partial charge in [0.2, 0.25) is 0 Å². The highest BCUT2D eigenvalue weighted by Gasteiger charge is 2.15. The second kappa shape index (κ2) is 6.86. The molecule has 5 nitrogen and oxygen atoms in total. The van der Waals surface area contributed by atoms with Gasteiger partial charge in [-0.05, 0) is 32.6 Å². The molecule has 18 heavy (non-hydrogen) atoms. The number of hydrogen-bond donors (Lipinski definition) is 1. The summed E-state index contributed by atoms with van der Waals surface area (Å²) in [5, 5.41) is 9.09.